The van der Waals surface area contributed by atoms with E-state index in [0.717, 1.165) is 17.7 Å². The molecule has 1 aromatic rings. The summed E-state index contributed by atoms with van der Waals surface area (Å²) in [6.45, 7) is 4.23. The summed E-state index contributed by atoms with van der Waals surface area (Å²) in [7, 11) is 0. The normalized spacial score (nSPS) is 18.5. The highest BCUT2D eigenvalue weighted by Crippen LogP contribution is 2.24. The summed E-state index contributed by atoms with van der Waals surface area (Å²) in [5.41, 5.74) is 0.797. The molecule has 19 heavy (non-hydrogen) atoms. The molecule has 0 bridgehead atoms. The largest absolute Gasteiger partial charge is 0.480 e. The molecule has 3 N–H and O–H groups in total. The van der Waals surface area contributed by atoms with Crippen LogP contribution in [0.1, 0.15) is 30.9 Å². The van der Waals surface area contributed by atoms with E-state index in [0.29, 0.717) is 6.54 Å². The first-order chi connectivity index (χ1) is 8.92. The van der Waals surface area contributed by atoms with E-state index in [-0.39, 0.29) is 11.8 Å². The molecule has 0 spiro atoms. The summed E-state index contributed by atoms with van der Waals surface area (Å²) >= 11 is 0. The van der Waals surface area contributed by atoms with E-state index in [9.17, 15) is 9.59 Å². The molecule has 0 radical (unpaired) electrons. The SMILES string of the molecule is CC(C)(NC(=O)C1CNCc2ccccc21)C(=O)O. The number of benzene rings is 1. The fourth-order valence-electron chi connectivity index (χ4n) is 2.18. The Morgan fingerprint density at radius 2 is 2.05 bits per heavy atom. The Morgan fingerprint density at radius 3 is 2.74 bits per heavy atom. The number of hydrogen-bond acceptors (Lipinski definition) is 3. The highest BCUT2D eigenvalue weighted by molar-refractivity contribution is 5.90. The first-order valence-electron chi connectivity index (χ1n) is 6.26. The molecule has 1 amide bonds. The van der Waals surface area contributed by atoms with E-state index in [2.05, 4.69) is 10.6 Å². The third-order valence-corrected chi connectivity index (χ3v) is 3.38. The van der Waals surface area contributed by atoms with Gasteiger partial charge in [0, 0.05) is 13.1 Å². The summed E-state index contributed by atoms with van der Waals surface area (Å²) < 4.78 is 0. The van der Waals surface area contributed by atoms with E-state index >= 15 is 0 Å². The van der Waals surface area contributed by atoms with Gasteiger partial charge in [0.2, 0.25) is 5.91 Å². The maximum atomic E-state index is 12.3. The minimum Gasteiger partial charge on any atom is -0.480 e. The van der Waals surface area contributed by atoms with Crippen molar-refractivity contribution in [2.24, 2.45) is 0 Å². The van der Waals surface area contributed by atoms with Crippen LogP contribution in [-0.2, 0) is 16.1 Å². The van der Waals surface area contributed by atoms with E-state index in [1.807, 2.05) is 24.3 Å². The second-order valence-electron chi connectivity index (χ2n) is 5.30. The van der Waals surface area contributed by atoms with Crippen molar-refractivity contribution in [3.8, 4) is 0 Å². The fraction of sp³-hybridized carbons (Fsp3) is 0.429. The Bertz CT molecular complexity index is 511. The Balaban J connectivity index is 2.20. The van der Waals surface area contributed by atoms with Gasteiger partial charge in [-0.25, -0.2) is 4.79 Å². The molecule has 5 heteroatoms. The number of hydrogen-bond donors (Lipinski definition) is 3. The van der Waals surface area contributed by atoms with Crippen LogP contribution in [-0.4, -0.2) is 29.1 Å². The molecule has 102 valence electrons. The van der Waals surface area contributed by atoms with Crippen LogP contribution in [0.3, 0.4) is 0 Å². The molecule has 1 aliphatic heterocycles. The predicted octanol–water partition coefficient (Wildman–Crippen LogP) is 0.853. The van der Waals surface area contributed by atoms with Crippen molar-refractivity contribution in [1.29, 1.82) is 0 Å². The molecule has 1 unspecified atom stereocenters. The number of nitrogens with one attached hydrogen (secondary N) is 2. The van der Waals surface area contributed by atoms with Gasteiger partial charge in [-0.1, -0.05) is 24.3 Å². The minimum absolute atomic E-state index is 0.257. The van der Waals surface area contributed by atoms with Crippen LogP contribution in [0, 0.1) is 0 Å². The van der Waals surface area contributed by atoms with Crippen LogP contribution < -0.4 is 10.6 Å². The fourth-order valence-corrected chi connectivity index (χ4v) is 2.18. The van der Waals surface area contributed by atoms with Crippen molar-refractivity contribution in [3.63, 3.8) is 0 Å². The van der Waals surface area contributed by atoms with Gasteiger partial charge >= 0.3 is 5.97 Å². The van der Waals surface area contributed by atoms with Gasteiger partial charge in [0.15, 0.2) is 0 Å². The molecule has 0 saturated carbocycles. The minimum atomic E-state index is -1.26. The third kappa shape index (κ3) is 2.76. The molecule has 5 nitrogen and oxygen atoms in total. The van der Waals surface area contributed by atoms with Crippen molar-refractivity contribution in [2.45, 2.75) is 31.8 Å². The van der Waals surface area contributed by atoms with Crippen LogP contribution in [0.25, 0.3) is 0 Å². The Morgan fingerprint density at radius 1 is 1.37 bits per heavy atom. The predicted molar refractivity (Wildman–Crippen MR) is 70.7 cm³/mol. The lowest BCUT2D eigenvalue weighted by molar-refractivity contribution is -0.146. The van der Waals surface area contributed by atoms with E-state index in [1.54, 1.807) is 0 Å². The zero-order valence-corrected chi connectivity index (χ0v) is 11.1. The van der Waals surface area contributed by atoms with Crippen LogP contribution in [0.15, 0.2) is 24.3 Å². The lowest BCUT2D eigenvalue weighted by Gasteiger charge is -2.29. The molecule has 1 atom stereocenters. The first kappa shape index (κ1) is 13.5. The summed E-state index contributed by atoms with van der Waals surface area (Å²) in [5, 5.41) is 14.8. The quantitative estimate of drug-likeness (QED) is 0.754. The summed E-state index contributed by atoms with van der Waals surface area (Å²) in [6.07, 6.45) is 0. The highest BCUT2D eigenvalue weighted by atomic mass is 16.4. The van der Waals surface area contributed by atoms with Crippen LogP contribution in [0.4, 0.5) is 0 Å². The standard InChI is InChI=1S/C14H18N2O3/c1-14(2,13(18)19)16-12(17)11-8-15-7-9-5-3-4-6-10(9)11/h3-6,11,15H,7-8H2,1-2H3,(H,16,17)(H,18,19). The average Bonchev–Trinajstić information content (AvgIpc) is 2.37. The highest BCUT2D eigenvalue weighted by Gasteiger charge is 2.33. The van der Waals surface area contributed by atoms with Crippen molar-refractivity contribution < 1.29 is 14.7 Å². The molecule has 1 heterocycles. The second kappa shape index (κ2) is 5.01. The number of fused-ring (bicyclic) bond motifs is 1. The topological polar surface area (TPSA) is 78.4 Å². The molecule has 1 aromatic carbocycles. The molecular weight excluding hydrogens is 244 g/mol. The Labute approximate surface area is 112 Å². The number of aliphatic carboxylic acids is 1. The van der Waals surface area contributed by atoms with E-state index < -0.39 is 11.5 Å². The average molecular weight is 262 g/mol. The lowest BCUT2D eigenvalue weighted by Crippen LogP contribution is -2.52. The third-order valence-electron chi connectivity index (χ3n) is 3.38. The van der Waals surface area contributed by atoms with Gasteiger partial charge in [-0.2, -0.15) is 0 Å². The zero-order valence-electron chi connectivity index (χ0n) is 11.1. The number of carbonyl (C=O) groups is 2. The van der Waals surface area contributed by atoms with Gasteiger partial charge in [-0.3, -0.25) is 4.79 Å². The summed E-state index contributed by atoms with van der Waals surface area (Å²) in [6, 6.07) is 7.73. The van der Waals surface area contributed by atoms with Gasteiger partial charge < -0.3 is 15.7 Å². The Kier molecular flexibility index (Phi) is 3.57. The summed E-state index contributed by atoms with van der Waals surface area (Å²) in [4.78, 5) is 23.3. The van der Waals surface area contributed by atoms with Gasteiger partial charge in [0.25, 0.3) is 0 Å². The molecular formula is C14H18N2O3. The monoisotopic (exact) mass is 262 g/mol. The number of carbonyl (C=O) groups excluding carboxylic acids is 1. The van der Waals surface area contributed by atoms with Crippen molar-refractivity contribution in [3.05, 3.63) is 35.4 Å². The number of carboxylic acids is 1. The van der Waals surface area contributed by atoms with Gasteiger partial charge in [0.1, 0.15) is 5.54 Å². The summed E-state index contributed by atoms with van der Waals surface area (Å²) in [5.74, 6) is -1.64. The van der Waals surface area contributed by atoms with Crippen molar-refractivity contribution in [2.75, 3.05) is 6.54 Å². The van der Waals surface area contributed by atoms with Gasteiger partial charge in [-0.05, 0) is 25.0 Å². The van der Waals surface area contributed by atoms with Crippen LogP contribution >= 0.6 is 0 Å². The van der Waals surface area contributed by atoms with Gasteiger partial charge in [0.05, 0.1) is 5.92 Å². The molecule has 2 rings (SSSR count). The maximum absolute atomic E-state index is 12.3. The molecule has 0 aliphatic carbocycles. The maximum Gasteiger partial charge on any atom is 0.328 e. The molecule has 0 aromatic heterocycles. The Hall–Kier alpha value is -1.88. The number of amides is 1. The van der Waals surface area contributed by atoms with Crippen LogP contribution in [0.2, 0.25) is 0 Å². The van der Waals surface area contributed by atoms with Crippen molar-refractivity contribution in [1.82, 2.24) is 10.6 Å². The first-order valence-corrected chi connectivity index (χ1v) is 6.26. The van der Waals surface area contributed by atoms with E-state index in [1.165, 1.54) is 13.8 Å². The number of carboxylic acid groups (broad SMARTS) is 1. The molecule has 0 saturated heterocycles. The van der Waals surface area contributed by atoms with Crippen molar-refractivity contribution >= 4 is 11.9 Å². The number of rotatable bonds is 3. The van der Waals surface area contributed by atoms with Crippen LogP contribution in [0.5, 0.6) is 0 Å². The zero-order chi connectivity index (χ0) is 14.0. The molecule has 1 aliphatic rings. The molecule has 0 fully saturated rings. The smallest absolute Gasteiger partial charge is 0.328 e. The second-order valence-corrected chi connectivity index (χ2v) is 5.30. The van der Waals surface area contributed by atoms with Gasteiger partial charge in [-0.15, -0.1) is 0 Å². The van der Waals surface area contributed by atoms with E-state index in [4.69, 9.17) is 5.11 Å². The lowest BCUT2D eigenvalue weighted by atomic mass is 9.89.